The number of pyridine rings is 1. The third kappa shape index (κ3) is 4.08. The Bertz CT molecular complexity index is 980. The first-order valence-corrected chi connectivity index (χ1v) is 8.37. The molecule has 3 aromatic rings. The summed E-state index contributed by atoms with van der Waals surface area (Å²) in [5.74, 6) is 0.272. The summed E-state index contributed by atoms with van der Waals surface area (Å²) < 4.78 is 10.8. The molecule has 134 valence electrons. The van der Waals surface area contributed by atoms with E-state index in [1.807, 2.05) is 25.1 Å². The van der Waals surface area contributed by atoms with Crippen LogP contribution in [-0.2, 0) is 11.2 Å². The van der Waals surface area contributed by atoms with Gasteiger partial charge < -0.3 is 14.5 Å². The van der Waals surface area contributed by atoms with Crippen LogP contribution in [0.5, 0.6) is 5.75 Å². The van der Waals surface area contributed by atoms with Crippen molar-refractivity contribution in [1.29, 1.82) is 0 Å². The average Bonchev–Trinajstić information content (AvgIpc) is 2.65. The first-order chi connectivity index (χ1) is 12.5. The van der Waals surface area contributed by atoms with Gasteiger partial charge in [0.15, 0.2) is 6.61 Å². The molecule has 0 fully saturated rings. The van der Waals surface area contributed by atoms with Crippen LogP contribution in [0.4, 0.5) is 0 Å². The number of nitrogens with one attached hydrogen (secondary N) is 1. The molecule has 2 aromatic heterocycles. The fourth-order valence-corrected chi connectivity index (χ4v) is 2.61. The molecular weight excluding hydrogens is 332 g/mol. The van der Waals surface area contributed by atoms with E-state index in [2.05, 4.69) is 10.3 Å². The Morgan fingerprint density at radius 3 is 2.69 bits per heavy atom. The number of carbonyl (C=O) groups excluding carboxylic acids is 1. The van der Waals surface area contributed by atoms with Gasteiger partial charge in [-0.2, -0.15) is 0 Å². The monoisotopic (exact) mass is 352 g/mol. The third-order valence-corrected chi connectivity index (χ3v) is 4.28. The zero-order chi connectivity index (χ0) is 18.5. The summed E-state index contributed by atoms with van der Waals surface area (Å²) in [5.41, 5.74) is 2.68. The molecule has 0 aliphatic rings. The van der Waals surface area contributed by atoms with Crippen molar-refractivity contribution in [2.45, 2.75) is 20.3 Å². The van der Waals surface area contributed by atoms with Gasteiger partial charge in [-0.3, -0.25) is 9.78 Å². The largest absolute Gasteiger partial charge is 0.484 e. The van der Waals surface area contributed by atoms with Crippen molar-refractivity contribution < 1.29 is 13.9 Å². The van der Waals surface area contributed by atoms with E-state index < -0.39 is 0 Å². The molecule has 0 bridgehead atoms. The van der Waals surface area contributed by atoms with Crippen LogP contribution < -0.4 is 15.7 Å². The number of hydrogen-bond acceptors (Lipinski definition) is 5. The van der Waals surface area contributed by atoms with Gasteiger partial charge in [0.2, 0.25) is 0 Å². The van der Waals surface area contributed by atoms with Crippen LogP contribution in [0, 0.1) is 13.8 Å². The molecule has 0 saturated heterocycles. The van der Waals surface area contributed by atoms with E-state index in [0.717, 1.165) is 22.9 Å². The van der Waals surface area contributed by atoms with Gasteiger partial charge in [0.25, 0.3) is 5.91 Å². The molecule has 1 amide bonds. The summed E-state index contributed by atoms with van der Waals surface area (Å²) in [6, 6.07) is 9.05. The van der Waals surface area contributed by atoms with Gasteiger partial charge in [0, 0.05) is 36.0 Å². The minimum absolute atomic E-state index is 0.100. The summed E-state index contributed by atoms with van der Waals surface area (Å²) in [6.07, 6.45) is 4.18. The van der Waals surface area contributed by atoms with Crippen LogP contribution in [0.25, 0.3) is 11.0 Å². The van der Waals surface area contributed by atoms with E-state index in [-0.39, 0.29) is 18.1 Å². The molecule has 3 rings (SSSR count). The number of hydrogen-bond donors (Lipinski definition) is 1. The Kier molecular flexibility index (Phi) is 5.31. The van der Waals surface area contributed by atoms with Crippen LogP contribution in [0.3, 0.4) is 0 Å². The highest BCUT2D eigenvalue weighted by Crippen LogP contribution is 2.23. The summed E-state index contributed by atoms with van der Waals surface area (Å²) in [6.45, 7) is 4.04. The smallest absolute Gasteiger partial charge is 0.339 e. The van der Waals surface area contributed by atoms with Gasteiger partial charge >= 0.3 is 5.63 Å². The van der Waals surface area contributed by atoms with E-state index in [4.69, 9.17) is 9.15 Å². The third-order valence-electron chi connectivity index (χ3n) is 4.28. The first kappa shape index (κ1) is 17.7. The Labute approximate surface area is 150 Å². The molecule has 0 aliphatic carbocycles. The number of rotatable bonds is 6. The lowest BCUT2D eigenvalue weighted by molar-refractivity contribution is -0.123. The molecule has 0 spiro atoms. The number of nitrogens with zero attached hydrogens (tertiary/aromatic N) is 1. The quantitative estimate of drug-likeness (QED) is 0.690. The zero-order valence-electron chi connectivity index (χ0n) is 14.7. The van der Waals surface area contributed by atoms with Crippen LogP contribution in [-0.4, -0.2) is 24.0 Å². The fraction of sp³-hybridized carbons (Fsp3) is 0.250. The van der Waals surface area contributed by atoms with E-state index in [1.54, 1.807) is 31.5 Å². The molecule has 0 aliphatic heterocycles. The molecule has 0 saturated carbocycles. The second-order valence-electron chi connectivity index (χ2n) is 6.04. The van der Waals surface area contributed by atoms with E-state index in [9.17, 15) is 9.59 Å². The number of fused-ring (bicyclic) bond motifs is 1. The molecule has 0 atom stereocenters. The van der Waals surface area contributed by atoms with E-state index in [0.29, 0.717) is 23.4 Å². The molecule has 1 aromatic carbocycles. The van der Waals surface area contributed by atoms with Crippen molar-refractivity contribution in [3.05, 3.63) is 69.8 Å². The van der Waals surface area contributed by atoms with Crippen molar-refractivity contribution in [3.63, 3.8) is 0 Å². The molecule has 6 nitrogen and oxygen atoms in total. The van der Waals surface area contributed by atoms with Gasteiger partial charge in [0.05, 0.1) is 0 Å². The minimum Gasteiger partial charge on any atom is -0.484 e. The lowest BCUT2D eigenvalue weighted by atomic mass is 10.1. The second kappa shape index (κ2) is 7.82. The van der Waals surface area contributed by atoms with Crippen molar-refractivity contribution in [3.8, 4) is 5.75 Å². The molecule has 0 radical (unpaired) electrons. The van der Waals surface area contributed by atoms with Gasteiger partial charge in [-0.25, -0.2) is 4.79 Å². The van der Waals surface area contributed by atoms with Gasteiger partial charge in [-0.1, -0.05) is 0 Å². The number of carbonyl (C=O) groups is 1. The van der Waals surface area contributed by atoms with Crippen molar-refractivity contribution in [2.75, 3.05) is 13.2 Å². The maximum atomic E-state index is 11.9. The van der Waals surface area contributed by atoms with E-state index >= 15 is 0 Å². The van der Waals surface area contributed by atoms with Crippen molar-refractivity contribution in [2.24, 2.45) is 0 Å². The summed E-state index contributed by atoms with van der Waals surface area (Å²) in [4.78, 5) is 27.6. The van der Waals surface area contributed by atoms with Crippen LogP contribution in [0.2, 0.25) is 0 Å². The van der Waals surface area contributed by atoms with Crippen molar-refractivity contribution in [1.82, 2.24) is 10.3 Å². The Morgan fingerprint density at radius 1 is 1.15 bits per heavy atom. The topological polar surface area (TPSA) is 81.4 Å². The fourth-order valence-electron chi connectivity index (χ4n) is 2.61. The number of benzene rings is 1. The Morgan fingerprint density at radius 2 is 1.92 bits per heavy atom. The number of aromatic nitrogens is 1. The summed E-state index contributed by atoms with van der Waals surface area (Å²) in [7, 11) is 0. The highest BCUT2D eigenvalue weighted by molar-refractivity contribution is 5.82. The standard InChI is InChI=1S/C20H20N2O4/c1-13-14(2)20(24)26-18-11-16(3-4-17(13)18)25-12-19(23)22-10-7-15-5-8-21-9-6-15/h3-6,8-9,11H,7,10,12H2,1-2H3,(H,22,23). The van der Waals surface area contributed by atoms with Crippen LogP contribution in [0.1, 0.15) is 16.7 Å². The Balaban J connectivity index is 1.56. The molecule has 6 heteroatoms. The summed E-state index contributed by atoms with van der Waals surface area (Å²) >= 11 is 0. The minimum atomic E-state index is -0.360. The predicted molar refractivity (Wildman–Crippen MR) is 98.4 cm³/mol. The molecular formula is C20H20N2O4. The number of amides is 1. The highest BCUT2D eigenvalue weighted by Gasteiger charge is 2.09. The second-order valence-corrected chi connectivity index (χ2v) is 6.04. The SMILES string of the molecule is Cc1c(C)c2ccc(OCC(=O)NCCc3ccncc3)cc2oc1=O. The first-order valence-electron chi connectivity index (χ1n) is 8.37. The average molecular weight is 352 g/mol. The molecule has 26 heavy (non-hydrogen) atoms. The molecule has 2 heterocycles. The highest BCUT2D eigenvalue weighted by atomic mass is 16.5. The number of aryl methyl sites for hydroxylation is 1. The zero-order valence-corrected chi connectivity index (χ0v) is 14.7. The summed E-state index contributed by atoms with van der Waals surface area (Å²) in [5, 5.41) is 3.66. The lowest BCUT2D eigenvalue weighted by Crippen LogP contribution is -2.30. The van der Waals surface area contributed by atoms with Crippen LogP contribution in [0.15, 0.2) is 51.9 Å². The van der Waals surface area contributed by atoms with E-state index in [1.165, 1.54) is 0 Å². The maximum absolute atomic E-state index is 11.9. The van der Waals surface area contributed by atoms with Gasteiger partial charge in [0.1, 0.15) is 11.3 Å². The van der Waals surface area contributed by atoms with Gasteiger partial charge in [-0.15, -0.1) is 0 Å². The predicted octanol–water partition coefficient (Wildman–Crippen LogP) is 2.54. The normalized spacial score (nSPS) is 10.7. The van der Waals surface area contributed by atoms with Crippen molar-refractivity contribution >= 4 is 16.9 Å². The maximum Gasteiger partial charge on any atom is 0.339 e. The van der Waals surface area contributed by atoms with Crippen LogP contribution >= 0.6 is 0 Å². The Hall–Kier alpha value is -3.15. The molecule has 0 unspecified atom stereocenters. The van der Waals surface area contributed by atoms with Gasteiger partial charge in [-0.05, 0) is 55.7 Å². The lowest BCUT2D eigenvalue weighted by Gasteiger charge is -2.09. The molecule has 1 N–H and O–H groups in total. The number of ether oxygens (including phenoxy) is 1.